The third kappa shape index (κ3) is 6.11. The van der Waals surface area contributed by atoms with Gasteiger partial charge in [-0.2, -0.15) is 0 Å². The second kappa shape index (κ2) is 7.89. The van der Waals surface area contributed by atoms with Crippen molar-refractivity contribution in [2.24, 2.45) is 10.8 Å². The fourth-order valence-electron chi connectivity index (χ4n) is 1.97. The summed E-state index contributed by atoms with van der Waals surface area (Å²) in [7, 11) is 0. The summed E-state index contributed by atoms with van der Waals surface area (Å²) < 4.78 is 0. The SMILES string of the molecule is CC(=O)NCCN=C(NN)NC1CCCCC1. The highest BCUT2D eigenvalue weighted by molar-refractivity contribution is 5.79. The summed E-state index contributed by atoms with van der Waals surface area (Å²) in [4.78, 5) is 14.9. The highest BCUT2D eigenvalue weighted by Crippen LogP contribution is 2.16. The molecule has 6 nitrogen and oxygen atoms in total. The van der Waals surface area contributed by atoms with Gasteiger partial charge in [0.05, 0.1) is 6.54 Å². The first kappa shape index (κ1) is 13.8. The maximum atomic E-state index is 10.7. The van der Waals surface area contributed by atoms with Crippen LogP contribution >= 0.6 is 0 Å². The lowest BCUT2D eigenvalue weighted by Crippen LogP contribution is -2.47. The summed E-state index contributed by atoms with van der Waals surface area (Å²) in [6, 6.07) is 0.472. The molecular formula is C11H23N5O. The van der Waals surface area contributed by atoms with Gasteiger partial charge in [0.15, 0.2) is 0 Å². The molecule has 98 valence electrons. The van der Waals surface area contributed by atoms with Gasteiger partial charge in [0.1, 0.15) is 0 Å². The number of amides is 1. The molecule has 0 unspecified atom stereocenters. The predicted octanol–water partition coefficient (Wildman–Crippen LogP) is -0.136. The maximum absolute atomic E-state index is 10.7. The molecule has 0 bridgehead atoms. The van der Waals surface area contributed by atoms with Crippen LogP contribution in [0.25, 0.3) is 0 Å². The van der Waals surface area contributed by atoms with Crippen LogP contribution in [0.2, 0.25) is 0 Å². The van der Waals surface area contributed by atoms with Gasteiger partial charge >= 0.3 is 0 Å². The first-order valence-electron chi connectivity index (χ1n) is 6.24. The van der Waals surface area contributed by atoms with Crippen molar-refractivity contribution in [2.75, 3.05) is 13.1 Å². The number of hydrogen-bond acceptors (Lipinski definition) is 3. The molecule has 0 aliphatic heterocycles. The minimum Gasteiger partial charge on any atom is -0.354 e. The van der Waals surface area contributed by atoms with Crippen LogP contribution in [0.3, 0.4) is 0 Å². The van der Waals surface area contributed by atoms with Crippen molar-refractivity contribution in [2.45, 2.75) is 45.1 Å². The first-order chi connectivity index (χ1) is 8.22. The molecule has 0 heterocycles. The Morgan fingerprint density at radius 2 is 2.06 bits per heavy atom. The van der Waals surface area contributed by atoms with Crippen molar-refractivity contribution in [3.63, 3.8) is 0 Å². The molecule has 0 aromatic rings. The molecule has 1 aliphatic rings. The number of nitrogens with zero attached hydrogens (tertiary/aromatic N) is 1. The Morgan fingerprint density at radius 1 is 1.35 bits per heavy atom. The van der Waals surface area contributed by atoms with Crippen LogP contribution in [0.1, 0.15) is 39.0 Å². The van der Waals surface area contributed by atoms with E-state index in [1.807, 2.05) is 0 Å². The monoisotopic (exact) mass is 241 g/mol. The molecule has 0 atom stereocenters. The Kier molecular flexibility index (Phi) is 6.39. The molecule has 0 spiro atoms. The summed E-state index contributed by atoms with van der Waals surface area (Å²) in [5.74, 6) is 5.98. The number of hydrazine groups is 1. The van der Waals surface area contributed by atoms with E-state index < -0.39 is 0 Å². The number of guanidine groups is 1. The van der Waals surface area contributed by atoms with Gasteiger partial charge in [0.2, 0.25) is 11.9 Å². The maximum Gasteiger partial charge on any atom is 0.216 e. The number of nitrogens with one attached hydrogen (secondary N) is 3. The Balaban J connectivity index is 2.25. The van der Waals surface area contributed by atoms with Crippen molar-refractivity contribution in [1.82, 2.24) is 16.1 Å². The van der Waals surface area contributed by atoms with Crippen LogP contribution in [0.4, 0.5) is 0 Å². The van der Waals surface area contributed by atoms with E-state index in [1.165, 1.54) is 39.0 Å². The minimum absolute atomic E-state index is 0.0392. The van der Waals surface area contributed by atoms with E-state index in [1.54, 1.807) is 0 Å². The largest absolute Gasteiger partial charge is 0.354 e. The van der Waals surface area contributed by atoms with Crippen molar-refractivity contribution < 1.29 is 4.79 Å². The highest BCUT2D eigenvalue weighted by atomic mass is 16.1. The molecule has 5 N–H and O–H groups in total. The lowest BCUT2D eigenvalue weighted by atomic mass is 9.96. The van der Waals surface area contributed by atoms with Gasteiger partial charge in [-0.1, -0.05) is 19.3 Å². The zero-order valence-electron chi connectivity index (χ0n) is 10.5. The molecule has 0 aromatic carbocycles. The molecule has 17 heavy (non-hydrogen) atoms. The topological polar surface area (TPSA) is 91.5 Å². The lowest BCUT2D eigenvalue weighted by Gasteiger charge is -2.24. The summed E-state index contributed by atoms with van der Waals surface area (Å²) >= 11 is 0. The molecule has 1 fully saturated rings. The van der Waals surface area contributed by atoms with Gasteiger partial charge in [-0.15, -0.1) is 0 Å². The van der Waals surface area contributed by atoms with Crippen LogP contribution in [0.5, 0.6) is 0 Å². The van der Waals surface area contributed by atoms with E-state index >= 15 is 0 Å². The van der Waals surface area contributed by atoms with Crippen molar-refractivity contribution in [3.8, 4) is 0 Å². The van der Waals surface area contributed by atoms with E-state index in [0.29, 0.717) is 25.1 Å². The van der Waals surface area contributed by atoms with Crippen LogP contribution in [0.15, 0.2) is 4.99 Å². The predicted molar refractivity (Wildman–Crippen MR) is 68.3 cm³/mol. The van der Waals surface area contributed by atoms with Gasteiger partial charge in [0.25, 0.3) is 0 Å². The lowest BCUT2D eigenvalue weighted by molar-refractivity contribution is -0.118. The van der Waals surface area contributed by atoms with E-state index in [2.05, 4.69) is 21.1 Å². The summed E-state index contributed by atoms with van der Waals surface area (Å²) in [5, 5.41) is 5.98. The van der Waals surface area contributed by atoms with Crippen LogP contribution in [-0.2, 0) is 4.79 Å². The molecule has 1 saturated carbocycles. The summed E-state index contributed by atoms with van der Waals surface area (Å²) in [5.41, 5.74) is 2.56. The second-order valence-corrected chi connectivity index (χ2v) is 4.34. The third-order valence-corrected chi connectivity index (χ3v) is 2.84. The number of aliphatic imine (C=N–C) groups is 1. The number of carbonyl (C=O) groups excluding carboxylic acids is 1. The van der Waals surface area contributed by atoms with Gasteiger partial charge in [-0.05, 0) is 12.8 Å². The standard InChI is InChI=1S/C11H23N5O/c1-9(17)13-7-8-14-11(16-12)15-10-5-3-2-4-6-10/h10H,2-8,12H2,1H3,(H,13,17)(H2,14,15,16). The quantitative estimate of drug-likeness (QED) is 0.181. The average molecular weight is 241 g/mol. The second-order valence-electron chi connectivity index (χ2n) is 4.34. The molecule has 1 rings (SSSR count). The van der Waals surface area contributed by atoms with Gasteiger partial charge in [0, 0.05) is 19.5 Å². The molecular weight excluding hydrogens is 218 g/mol. The molecule has 1 aliphatic carbocycles. The van der Waals surface area contributed by atoms with Gasteiger partial charge < -0.3 is 10.6 Å². The Labute approximate surface area is 102 Å². The molecule has 0 aromatic heterocycles. The van der Waals surface area contributed by atoms with Crippen molar-refractivity contribution in [1.29, 1.82) is 0 Å². The average Bonchev–Trinajstić information content (AvgIpc) is 2.34. The minimum atomic E-state index is -0.0392. The van der Waals surface area contributed by atoms with Crippen LogP contribution in [0, 0.1) is 0 Å². The molecule has 0 saturated heterocycles. The molecule has 6 heteroatoms. The molecule has 1 amide bonds. The number of carbonyl (C=O) groups is 1. The van der Waals surface area contributed by atoms with Gasteiger partial charge in [-0.25, -0.2) is 5.84 Å². The fourth-order valence-corrected chi connectivity index (χ4v) is 1.97. The fraction of sp³-hybridized carbons (Fsp3) is 0.818. The molecule has 0 radical (unpaired) electrons. The first-order valence-corrected chi connectivity index (χ1v) is 6.24. The van der Waals surface area contributed by atoms with E-state index in [-0.39, 0.29) is 5.91 Å². The number of rotatable bonds is 4. The third-order valence-electron chi connectivity index (χ3n) is 2.84. The highest BCUT2D eigenvalue weighted by Gasteiger charge is 2.13. The Hall–Kier alpha value is -1.30. The van der Waals surface area contributed by atoms with Crippen molar-refractivity contribution in [3.05, 3.63) is 0 Å². The number of hydrogen-bond donors (Lipinski definition) is 4. The smallest absolute Gasteiger partial charge is 0.216 e. The summed E-state index contributed by atoms with van der Waals surface area (Å²) in [6.07, 6.45) is 6.20. The Bertz CT molecular complexity index is 261. The van der Waals surface area contributed by atoms with Gasteiger partial charge in [-0.3, -0.25) is 15.2 Å². The van der Waals surface area contributed by atoms with Crippen LogP contribution in [-0.4, -0.2) is 31.0 Å². The van der Waals surface area contributed by atoms with Crippen molar-refractivity contribution >= 4 is 11.9 Å². The normalized spacial score (nSPS) is 17.6. The van der Waals surface area contributed by atoms with E-state index in [0.717, 1.165) is 0 Å². The number of nitrogens with two attached hydrogens (primary N) is 1. The van der Waals surface area contributed by atoms with E-state index in [9.17, 15) is 4.79 Å². The Morgan fingerprint density at radius 3 is 2.65 bits per heavy atom. The zero-order chi connectivity index (χ0) is 12.5. The summed E-state index contributed by atoms with van der Waals surface area (Å²) in [6.45, 7) is 2.55. The zero-order valence-corrected chi connectivity index (χ0v) is 10.5. The van der Waals surface area contributed by atoms with E-state index in [4.69, 9.17) is 5.84 Å². The van der Waals surface area contributed by atoms with Crippen LogP contribution < -0.4 is 21.9 Å².